The van der Waals surface area contributed by atoms with E-state index in [1.807, 2.05) is 32.1 Å². The molecule has 252 valence electrons. The quantitative estimate of drug-likeness (QED) is 0.169. The van der Waals surface area contributed by atoms with Gasteiger partial charge in [0.1, 0.15) is 0 Å². The van der Waals surface area contributed by atoms with E-state index in [0.29, 0.717) is 13.2 Å². The predicted octanol–water partition coefficient (Wildman–Crippen LogP) is 13.3. The van der Waals surface area contributed by atoms with Gasteiger partial charge in [-0.05, 0) is 68.4 Å². The Labute approximate surface area is 304 Å². The van der Waals surface area contributed by atoms with E-state index in [1.54, 1.807) is 0 Å². The summed E-state index contributed by atoms with van der Waals surface area (Å²) in [6.07, 6.45) is 0. The van der Waals surface area contributed by atoms with Crippen molar-refractivity contribution in [1.29, 1.82) is 0 Å². The Balaban J connectivity index is 0.000000172. The molecule has 13 heteroatoms. The van der Waals surface area contributed by atoms with E-state index >= 15 is 0 Å². The first-order chi connectivity index (χ1) is 23.7. The fraction of sp³-hybridized carbons (Fsp3) is 0.294. The fourth-order valence-electron chi connectivity index (χ4n) is 4.63. The third-order valence-corrected chi connectivity index (χ3v) is 12.1. The molecule has 47 heavy (non-hydrogen) atoms. The molecule has 0 spiro atoms. The molecule has 4 aromatic carbocycles. The Morgan fingerprint density at radius 3 is 1.45 bits per heavy atom. The van der Waals surface area contributed by atoms with Gasteiger partial charge in [0.2, 0.25) is 0 Å². The fourth-order valence-corrected chi connectivity index (χ4v) is 10.0. The molecular weight excluding hydrogens is 728 g/mol. The van der Waals surface area contributed by atoms with E-state index in [1.165, 1.54) is 42.3 Å². The first kappa shape index (κ1) is 35.7. The van der Waals surface area contributed by atoms with Crippen molar-refractivity contribution in [2.45, 2.75) is 47.3 Å². The highest BCUT2D eigenvalue weighted by molar-refractivity contribution is 8.00. The number of hydrogen-bond donors (Lipinski definition) is 1. The molecule has 0 bridgehead atoms. The zero-order valence-corrected chi connectivity index (χ0v) is 32.8. The van der Waals surface area contributed by atoms with E-state index in [-0.39, 0.29) is 10.8 Å². The first-order valence-corrected chi connectivity index (χ1v) is 21.6. The standard InChI is InChI=1S/C17H18NO2PS.C12H9NS.C5H10ClO2P.ClH2P.H2/c1-17(2)11-19-21(20-12-17)18-13-7-3-5-9-15(13)22-16-10-6-4-8-14(16)18;1-3-7-11-9(5-1)13-10-6-2-4-8-12(10)14-11;1-5(2)3-7-9(6)8-4-5;1-2;/h3-10H,11-12H2,1-2H3;1-8,13H;3-4H2,1-2H3;2H2;1H/i;;;;1+1D. The molecule has 1 N–H and O–H groups in total. The molecule has 6 nitrogen and oxygen atoms in total. The summed E-state index contributed by atoms with van der Waals surface area (Å²) in [5.41, 5.74) is 5.00. The highest BCUT2D eigenvalue weighted by Crippen LogP contribution is 2.61. The van der Waals surface area contributed by atoms with Gasteiger partial charge in [0, 0.05) is 33.4 Å². The van der Waals surface area contributed by atoms with Gasteiger partial charge in [0.05, 0.1) is 49.2 Å². The summed E-state index contributed by atoms with van der Waals surface area (Å²) in [5, 5.41) is 3.42. The van der Waals surface area contributed by atoms with Crippen LogP contribution in [0.5, 0.6) is 0 Å². The van der Waals surface area contributed by atoms with E-state index in [0.717, 1.165) is 13.2 Å². The Morgan fingerprint density at radius 1 is 0.638 bits per heavy atom. The molecule has 1 unspecified atom stereocenters. The lowest BCUT2D eigenvalue weighted by Crippen LogP contribution is -2.32. The number of halogens is 2. The molecule has 4 heterocycles. The second-order valence-electron chi connectivity index (χ2n) is 12.4. The first-order valence-electron chi connectivity index (χ1n) is 16.0. The number of nitrogens with zero attached hydrogens (tertiary/aromatic N) is 1. The van der Waals surface area contributed by atoms with E-state index in [4.69, 9.17) is 32.3 Å². The summed E-state index contributed by atoms with van der Waals surface area (Å²) in [5.74, 6) is 0. The number of anilines is 4. The average molecular weight is 772 g/mol. The van der Waals surface area contributed by atoms with Gasteiger partial charge >= 0.3 is 0 Å². The molecule has 8 rings (SSSR count). The minimum absolute atomic E-state index is 0.0857. The molecule has 0 aliphatic carbocycles. The molecule has 1 atom stereocenters. The second-order valence-corrected chi connectivity index (χ2v) is 17.8. The normalized spacial score (nSPS) is 19.0. The summed E-state index contributed by atoms with van der Waals surface area (Å²) in [6.45, 7) is 11.4. The average Bonchev–Trinajstić information content (AvgIpc) is 3.13. The lowest BCUT2D eigenvalue weighted by Gasteiger charge is -2.41. The maximum Gasteiger partial charge on any atom is 0.294 e. The van der Waals surface area contributed by atoms with Crippen LogP contribution in [-0.4, -0.2) is 26.4 Å². The Hall–Kier alpha value is -1.11. The van der Waals surface area contributed by atoms with Crippen LogP contribution in [0.3, 0.4) is 0 Å². The third-order valence-electron chi connectivity index (χ3n) is 7.08. The SMILES string of the molecule is CC1(C)COP(Cl)OC1.CC1(C)COP(N2c3ccccc3Sc3ccccc32)OC1.PCl.[2H][2H].c1ccc2c(c1)Nc1ccccc1S2. The summed E-state index contributed by atoms with van der Waals surface area (Å²) >= 11 is 13.7. The third kappa shape index (κ3) is 10.00. The van der Waals surface area contributed by atoms with Crippen molar-refractivity contribution >= 4 is 93.6 Å². The number of hydrogen-bond acceptors (Lipinski definition) is 8. The van der Waals surface area contributed by atoms with Gasteiger partial charge in [-0.1, -0.05) is 99.7 Å². The summed E-state index contributed by atoms with van der Waals surface area (Å²) < 4.78 is 34.7. The molecule has 4 aromatic rings. The molecule has 0 amide bonds. The van der Waals surface area contributed by atoms with E-state index in [9.17, 15) is 0 Å². The van der Waals surface area contributed by atoms with Gasteiger partial charge in [-0.2, -0.15) is 0 Å². The van der Waals surface area contributed by atoms with Crippen molar-refractivity contribution in [3.63, 3.8) is 0 Å². The van der Waals surface area contributed by atoms with Crippen LogP contribution in [-0.2, 0) is 18.1 Å². The lowest BCUT2D eigenvalue weighted by atomic mass is 9.97. The smallest absolute Gasteiger partial charge is 0.294 e. The van der Waals surface area contributed by atoms with Crippen LogP contribution in [0, 0.1) is 10.8 Å². The zero-order chi connectivity index (χ0) is 35.4. The minimum Gasteiger partial charge on any atom is -0.354 e. The van der Waals surface area contributed by atoms with Crippen LogP contribution in [0.1, 0.15) is 30.7 Å². The molecule has 0 saturated carbocycles. The lowest BCUT2D eigenvalue weighted by molar-refractivity contribution is 0.0617. The number of nitrogens with one attached hydrogen (secondary N) is 1. The van der Waals surface area contributed by atoms with Crippen LogP contribution < -0.4 is 9.99 Å². The monoisotopic (exact) mass is 770 g/mol. The number of para-hydroxylation sites is 4. The zero-order valence-electron chi connectivity index (χ0n) is 28.7. The van der Waals surface area contributed by atoms with Crippen molar-refractivity contribution in [2.75, 3.05) is 36.4 Å². The van der Waals surface area contributed by atoms with Gasteiger partial charge in [0.25, 0.3) is 16.3 Å². The Morgan fingerprint density at radius 2 is 1.00 bits per heavy atom. The van der Waals surface area contributed by atoms with Crippen LogP contribution in [0.4, 0.5) is 22.7 Å². The van der Waals surface area contributed by atoms with Gasteiger partial charge in [0.15, 0.2) is 0 Å². The predicted molar refractivity (Wildman–Crippen MR) is 208 cm³/mol. The van der Waals surface area contributed by atoms with Gasteiger partial charge in [-0.25, -0.2) is 0 Å². The molecular formula is C34H41Cl2N2O4P3S2. The molecule has 4 aliphatic heterocycles. The number of rotatable bonds is 1. The van der Waals surface area contributed by atoms with Crippen molar-refractivity contribution in [2.24, 2.45) is 10.8 Å². The van der Waals surface area contributed by atoms with Crippen LogP contribution in [0.2, 0.25) is 0 Å². The summed E-state index contributed by atoms with van der Waals surface area (Å²) in [6, 6.07) is 33.7. The minimum atomic E-state index is -1.10. The second kappa shape index (κ2) is 17.2. The van der Waals surface area contributed by atoms with Crippen molar-refractivity contribution in [1.82, 2.24) is 0 Å². The largest absolute Gasteiger partial charge is 0.354 e. The summed E-state index contributed by atoms with van der Waals surface area (Å²) in [4.78, 5) is 5.10. The summed E-state index contributed by atoms with van der Waals surface area (Å²) in [7, 11) is -0.291. The molecule has 0 radical (unpaired) electrons. The highest BCUT2D eigenvalue weighted by Gasteiger charge is 2.37. The molecule has 4 aliphatic rings. The van der Waals surface area contributed by atoms with E-state index < -0.39 is 16.3 Å². The van der Waals surface area contributed by atoms with Gasteiger partial charge in [-0.3, -0.25) is 4.67 Å². The topological polar surface area (TPSA) is 52.2 Å². The number of benzene rings is 4. The van der Waals surface area contributed by atoms with Crippen LogP contribution in [0.25, 0.3) is 0 Å². The Bertz CT molecular complexity index is 1500. The van der Waals surface area contributed by atoms with Gasteiger partial charge in [-0.15, -0.1) is 11.2 Å². The maximum atomic E-state index is 6.11. The van der Waals surface area contributed by atoms with Gasteiger partial charge < -0.3 is 23.4 Å². The maximum absolute atomic E-state index is 6.11. The molecule has 0 aromatic heterocycles. The van der Waals surface area contributed by atoms with Crippen LogP contribution >= 0.6 is 70.9 Å². The van der Waals surface area contributed by atoms with Crippen molar-refractivity contribution in [3.8, 4) is 0 Å². The van der Waals surface area contributed by atoms with E-state index in [2.05, 4.69) is 146 Å². The van der Waals surface area contributed by atoms with Crippen LogP contribution in [0.15, 0.2) is 117 Å². The molecule has 2 fully saturated rings. The van der Waals surface area contributed by atoms with Crippen molar-refractivity contribution < 1.29 is 21.1 Å². The van der Waals surface area contributed by atoms with Crippen molar-refractivity contribution in [3.05, 3.63) is 97.1 Å². The number of fused-ring (bicyclic) bond motifs is 4. The Kier molecular flexibility index (Phi) is 13.1. The highest BCUT2D eigenvalue weighted by atomic mass is 35.7. The molecule has 2 saturated heterocycles.